The monoisotopic (exact) mass is 346 g/mol. The SMILES string of the molecule is O=C(c1ccc(NOO)nc1)N1CCN(Cc2ccc(F)cc2)CC1. The summed E-state index contributed by atoms with van der Waals surface area (Å²) in [6.45, 7) is 3.51. The molecule has 1 aliphatic heterocycles. The van der Waals surface area contributed by atoms with Crippen molar-refractivity contribution in [1.29, 1.82) is 0 Å². The normalized spacial score (nSPS) is 15.2. The Kier molecular flexibility index (Phi) is 5.54. The number of rotatable bonds is 5. The smallest absolute Gasteiger partial charge is 0.255 e. The maximum absolute atomic E-state index is 12.9. The molecule has 1 saturated heterocycles. The van der Waals surface area contributed by atoms with Gasteiger partial charge < -0.3 is 4.90 Å². The molecule has 0 radical (unpaired) electrons. The quantitative estimate of drug-likeness (QED) is 0.637. The molecule has 1 amide bonds. The summed E-state index contributed by atoms with van der Waals surface area (Å²) in [4.78, 5) is 24.3. The van der Waals surface area contributed by atoms with Crippen LogP contribution >= 0.6 is 0 Å². The number of halogens is 1. The number of benzene rings is 1. The van der Waals surface area contributed by atoms with Gasteiger partial charge in [0, 0.05) is 38.9 Å². The van der Waals surface area contributed by atoms with Gasteiger partial charge in [-0.3, -0.25) is 9.69 Å². The lowest BCUT2D eigenvalue weighted by atomic mass is 10.2. The molecule has 0 spiro atoms. The molecule has 3 rings (SSSR count). The van der Waals surface area contributed by atoms with E-state index < -0.39 is 0 Å². The molecule has 1 fully saturated rings. The first-order valence-electron chi connectivity index (χ1n) is 7.94. The molecule has 1 aromatic heterocycles. The Morgan fingerprint density at radius 3 is 2.48 bits per heavy atom. The third-order valence-corrected chi connectivity index (χ3v) is 4.14. The van der Waals surface area contributed by atoms with Gasteiger partial charge in [0.05, 0.1) is 5.56 Å². The predicted molar refractivity (Wildman–Crippen MR) is 89.2 cm³/mol. The molecule has 2 heterocycles. The van der Waals surface area contributed by atoms with Crippen LogP contribution in [0.2, 0.25) is 0 Å². The number of piperazine rings is 1. The molecule has 0 unspecified atom stereocenters. The molecule has 2 aromatic rings. The summed E-state index contributed by atoms with van der Waals surface area (Å²) < 4.78 is 12.9. The van der Waals surface area contributed by atoms with Gasteiger partial charge in [-0.15, -0.1) is 4.99 Å². The molecule has 8 heteroatoms. The zero-order chi connectivity index (χ0) is 17.6. The van der Waals surface area contributed by atoms with Crippen LogP contribution in [0.1, 0.15) is 15.9 Å². The lowest BCUT2D eigenvalue weighted by Gasteiger charge is -2.34. The van der Waals surface area contributed by atoms with E-state index in [2.05, 4.69) is 20.4 Å². The van der Waals surface area contributed by atoms with Crippen LogP contribution in [0.3, 0.4) is 0 Å². The van der Waals surface area contributed by atoms with Crippen molar-refractivity contribution in [2.24, 2.45) is 0 Å². The highest BCUT2D eigenvalue weighted by atomic mass is 19.1. The van der Waals surface area contributed by atoms with E-state index in [4.69, 9.17) is 5.26 Å². The van der Waals surface area contributed by atoms with Crippen molar-refractivity contribution >= 4 is 11.7 Å². The van der Waals surface area contributed by atoms with Gasteiger partial charge in [0.25, 0.3) is 5.91 Å². The molecule has 0 saturated carbocycles. The Morgan fingerprint density at radius 1 is 1.16 bits per heavy atom. The first-order chi connectivity index (χ1) is 12.2. The molecule has 7 nitrogen and oxygen atoms in total. The highest BCUT2D eigenvalue weighted by Gasteiger charge is 2.22. The zero-order valence-corrected chi connectivity index (χ0v) is 13.6. The summed E-state index contributed by atoms with van der Waals surface area (Å²) in [6.07, 6.45) is 1.44. The van der Waals surface area contributed by atoms with Gasteiger partial charge >= 0.3 is 0 Å². The Balaban J connectivity index is 1.52. The summed E-state index contributed by atoms with van der Waals surface area (Å²) in [5.41, 5.74) is 3.71. The Hall–Kier alpha value is -2.55. The van der Waals surface area contributed by atoms with Crippen LogP contribution < -0.4 is 5.48 Å². The van der Waals surface area contributed by atoms with Gasteiger partial charge in [-0.05, 0) is 29.8 Å². The standard InChI is InChI=1S/C17H19FN4O3/c18-15-4-1-13(2-5-15)12-21-7-9-22(10-8-21)17(23)14-3-6-16(19-11-14)20-25-24/h1-6,11,24H,7-10,12H2,(H,19,20). The van der Waals surface area contributed by atoms with Crippen LogP contribution in [-0.2, 0) is 11.5 Å². The first-order valence-corrected chi connectivity index (χ1v) is 7.94. The summed E-state index contributed by atoms with van der Waals surface area (Å²) in [7, 11) is 0. The second-order valence-electron chi connectivity index (χ2n) is 5.82. The fourth-order valence-corrected chi connectivity index (χ4v) is 2.77. The van der Waals surface area contributed by atoms with Gasteiger partial charge in [0.15, 0.2) is 5.82 Å². The molecule has 132 valence electrons. The number of carbonyl (C=O) groups is 1. The van der Waals surface area contributed by atoms with E-state index in [0.717, 1.165) is 25.2 Å². The second-order valence-corrected chi connectivity index (χ2v) is 5.82. The highest BCUT2D eigenvalue weighted by molar-refractivity contribution is 5.94. The third kappa shape index (κ3) is 4.50. The molecule has 0 atom stereocenters. The summed E-state index contributed by atoms with van der Waals surface area (Å²) in [5, 5.41) is 8.30. The topological polar surface area (TPSA) is 77.9 Å². The molecule has 2 N–H and O–H groups in total. The Morgan fingerprint density at radius 2 is 1.88 bits per heavy atom. The maximum atomic E-state index is 12.9. The van der Waals surface area contributed by atoms with Crippen molar-refractivity contribution in [3.63, 3.8) is 0 Å². The largest absolute Gasteiger partial charge is 0.336 e. The number of nitrogens with one attached hydrogen (secondary N) is 1. The number of hydrogen-bond acceptors (Lipinski definition) is 6. The molecular weight excluding hydrogens is 327 g/mol. The third-order valence-electron chi connectivity index (χ3n) is 4.14. The molecule has 1 aromatic carbocycles. The van der Waals surface area contributed by atoms with Crippen LogP contribution in [0, 0.1) is 5.82 Å². The lowest BCUT2D eigenvalue weighted by Crippen LogP contribution is -2.48. The maximum Gasteiger partial charge on any atom is 0.255 e. The van der Waals surface area contributed by atoms with Gasteiger partial charge in [0.2, 0.25) is 0 Å². The van der Waals surface area contributed by atoms with Crippen LogP contribution in [0.4, 0.5) is 10.2 Å². The van der Waals surface area contributed by atoms with E-state index >= 15 is 0 Å². The van der Waals surface area contributed by atoms with Gasteiger partial charge in [-0.1, -0.05) is 12.1 Å². The van der Waals surface area contributed by atoms with E-state index in [0.29, 0.717) is 24.5 Å². The number of anilines is 1. The average molecular weight is 346 g/mol. The lowest BCUT2D eigenvalue weighted by molar-refractivity contribution is -0.215. The van der Waals surface area contributed by atoms with Crippen molar-refractivity contribution in [3.05, 3.63) is 59.5 Å². The van der Waals surface area contributed by atoms with Crippen LogP contribution in [-0.4, -0.2) is 52.1 Å². The number of pyridine rings is 1. The molecule has 1 aliphatic rings. The molecular formula is C17H19FN4O3. The summed E-state index contributed by atoms with van der Waals surface area (Å²) in [6, 6.07) is 9.66. The van der Waals surface area contributed by atoms with Crippen molar-refractivity contribution in [2.75, 3.05) is 31.7 Å². The number of carbonyl (C=O) groups excluding carboxylic acids is 1. The van der Waals surface area contributed by atoms with Crippen molar-refractivity contribution in [2.45, 2.75) is 6.54 Å². The van der Waals surface area contributed by atoms with Gasteiger partial charge in [-0.2, -0.15) is 0 Å². The number of hydrogen-bond donors (Lipinski definition) is 2. The number of amides is 1. The Bertz CT molecular complexity index is 701. The highest BCUT2D eigenvalue weighted by Crippen LogP contribution is 2.13. The van der Waals surface area contributed by atoms with Crippen molar-refractivity contribution < 1.29 is 19.4 Å². The van der Waals surface area contributed by atoms with E-state index in [9.17, 15) is 9.18 Å². The minimum Gasteiger partial charge on any atom is -0.336 e. The van der Waals surface area contributed by atoms with Gasteiger partial charge in [0.1, 0.15) is 5.82 Å². The van der Waals surface area contributed by atoms with E-state index in [1.165, 1.54) is 18.3 Å². The molecule has 0 aliphatic carbocycles. The average Bonchev–Trinajstić information content (AvgIpc) is 2.65. The minimum atomic E-state index is -0.237. The predicted octanol–water partition coefficient (Wildman–Crippen LogP) is 2.00. The van der Waals surface area contributed by atoms with Crippen LogP contribution in [0.15, 0.2) is 42.6 Å². The van der Waals surface area contributed by atoms with E-state index in [-0.39, 0.29) is 11.7 Å². The molecule has 0 bridgehead atoms. The number of aromatic nitrogens is 1. The summed E-state index contributed by atoms with van der Waals surface area (Å²) >= 11 is 0. The fraction of sp³-hybridized carbons (Fsp3) is 0.294. The van der Waals surface area contributed by atoms with Crippen molar-refractivity contribution in [1.82, 2.24) is 14.8 Å². The van der Waals surface area contributed by atoms with E-state index in [1.807, 2.05) is 0 Å². The van der Waals surface area contributed by atoms with Crippen molar-refractivity contribution in [3.8, 4) is 0 Å². The van der Waals surface area contributed by atoms with Gasteiger partial charge in [-0.25, -0.2) is 20.1 Å². The minimum absolute atomic E-state index is 0.0783. The molecule has 25 heavy (non-hydrogen) atoms. The summed E-state index contributed by atoms with van der Waals surface area (Å²) in [5.74, 6) is -0.00638. The first kappa shape index (κ1) is 17.3. The zero-order valence-electron chi connectivity index (χ0n) is 13.6. The fourth-order valence-electron chi connectivity index (χ4n) is 2.77. The van der Waals surface area contributed by atoms with Crippen LogP contribution in [0.25, 0.3) is 0 Å². The second kappa shape index (κ2) is 8.02. The number of nitrogens with zero attached hydrogens (tertiary/aromatic N) is 3. The van der Waals surface area contributed by atoms with Crippen LogP contribution in [0.5, 0.6) is 0 Å². The Labute approximate surface area is 144 Å². The van der Waals surface area contributed by atoms with E-state index in [1.54, 1.807) is 29.2 Å².